The average molecular weight is 317 g/mol. The van der Waals surface area contributed by atoms with Crippen molar-refractivity contribution in [2.45, 2.75) is 6.92 Å². The van der Waals surface area contributed by atoms with Crippen LogP contribution in [-0.2, 0) is 0 Å². The van der Waals surface area contributed by atoms with Gasteiger partial charge in [-0.3, -0.25) is 0 Å². The number of benzene rings is 1. The molecule has 0 saturated heterocycles. The van der Waals surface area contributed by atoms with Crippen molar-refractivity contribution in [1.29, 1.82) is 5.26 Å². The van der Waals surface area contributed by atoms with Crippen molar-refractivity contribution in [2.75, 3.05) is 0 Å². The Morgan fingerprint density at radius 3 is 2.74 bits per heavy atom. The third-order valence-corrected chi connectivity index (χ3v) is 4.72. The molecular weight excluding hydrogens is 306 g/mol. The van der Waals surface area contributed by atoms with E-state index in [-0.39, 0.29) is 0 Å². The highest BCUT2D eigenvalue weighted by molar-refractivity contribution is 7.18. The van der Waals surface area contributed by atoms with Crippen molar-refractivity contribution in [3.8, 4) is 27.2 Å². The highest BCUT2D eigenvalue weighted by Gasteiger charge is 2.13. The molecule has 0 radical (unpaired) electrons. The van der Waals surface area contributed by atoms with E-state index < -0.39 is 0 Å². The second kappa shape index (κ2) is 5.30. The molecule has 4 aromatic rings. The molecule has 0 aliphatic carbocycles. The molecule has 1 aromatic carbocycles. The maximum absolute atomic E-state index is 8.94. The summed E-state index contributed by atoms with van der Waals surface area (Å²) in [5.74, 6) is 0. The predicted octanol–water partition coefficient (Wildman–Crippen LogP) is 3.70. The first kappa shape index (κ1) is 13.6. The Bertz CT molecular complexity index is 1040. The number of aryl methyl sites for hydroxylation is 1. The SMILES string of the molecule is Cc1nc(-c2ccccc2)sc1-c1ccn2nc(C#N)cc2n1. The number of nitriles is 1. The van der Waals surface area contributed by atoms with Gasteiger partial charge in [0.05, 0.1) is 16.3 Å². The standard InChI is InChI=1S/C17H11N5S/c1-11-16(23-17(19-11)12-5-3-2-4-6-12)14-7-8-22-15(20-14)9-13(10-18)21-22/h2-9H,1H3. The van der Waals surface area contributed by atoms with Crippen LogP contribution in [0.3, 0.4) is 0 Å². The molecule has 0 bridgehead atoms. The Balaban J connectivity index is 1.81. The summed E-state index contributed by atoms with van der Waals surface area (Å²) in [5.41, 5.74) is 3.92. The molecule has 6 heteroatoms. The van der Waals surface area contributed by atoms with Gasteiger partial charge in [0.25, 0.3) is 0 Å². The van der Waals surface area contributed by atoms with E-state index in [2.05, 4.69) is 27.2 Å². The smallest absolute Gasteiger partial charge is 0.165 e. The van der Waals surface area contributed by atoms with Crippen molar-refractivity contribution < 1.29 is 0 Å². The number of nitrogens with zero attached hydrogens (tertiary/aromatic N) is 5. The van der Waals surface area contributed by atoms with Crippen LogP contribution in [0.1, 0.15) is 11.4 Å². The lowest BCUT2D eigenvalue weighted by molar-refractivity contribution is 0.932. The quantitative estimate of drug-likeness (QED) is 0.565. The van der Waals surface area contributed by atoms with Crippen LogP contribution in [0.15, 0.2) is 48.7 Å². The number of hydrogen-bond donors (Lipinski definition) is 0. The Morgan fingerprint density at radius 1 is 1.13 bits per heavy atom. The molecular formula is C17H11N5S. The van der Waals surface area contributed by atoms with Crippen LogP contribution in [0.4, 0.5) is 0 Å². The van der Waals surface area contributed by atoms with Crippen LogP contribution in [0, 0.1) is 18.3 Å². The van der Waals surface area contributed by atoms with Crippen LogP contribution in [0.2, 0.25) is 0 Å². The van der Waals surface area contributed by atoms with E-state index >= 15 is 0 Å². The van der Waals surface area contributed by atoms with Crippen molar-refractivity contribution in [3.63, 3.8) is 0 Å². The zero-order valence-electron chi connectivity index (χ0n) is 12.3. The number of rotatable bonds is 2. The van der Waals surface area contributed by atoms with E-state index in [0.29, 0.717) is 11.3 Å². The lowest BCUT2D eigenvalue weighted by Crippen LogP contribution is -1.91. The molecule has 23 heavy (non-hydrogen) atoms. The zero-order valence-corrected chi connectivity index (χ0v) is 13.1. The second-order valence-corrected chi connectivity index (χ2v) is 6.06. The molecule has 0 amide bonds. The molecule has 0 aliphatic rings. The van der Waals surface area contributed by atoms with Crippen LogP contribution in [0.25, 0.3) is 26.8 Å². The first-order valence-electron chi connectivity index (χ1n) is 7.04. The van der Waals surface area contributed by atoms with E-state index in [1.54, 1.807) is 21.9 Å². The molecule has 0 aliphatic heterocycles. The van der Waals surface area contributed by atoms with Gasteiger partial charge in [-0.25, -0.2) is 14.5 Å². The largest absolute Gasteiger partial charge is 0.241 e. The lowest BCUT2D eigenvalue weighted by Gasteiger charge is -1.98. The lowest BCUT2D eigenvalue weighted by atomic mass is 10.2. The van der Waals surface area contributed by atoms with Gasteiger partial charge in [-0.15, -0.1) is 11.3 Å². The average Bonchev–Trinajstić information content (AvgIpc) is 3.18. The van der Waals surface area contributed by atoms with Gasteiger partial charge in [0.2, 0.25) is 0 Å². The molecule has 110 valence electrons. The maximum atomic E-state index is 8.94. The minimum Gasteiger partial charge on any atom is -0.241 e. The van der Waals surface area contributed by atoms with Gasteiger partial charge in [-0.2, -0.15) is 10.4 Å². The summed E-state index contributed by atoms with van der Waals surface area (Å²) in [5, 5.41) is 14.0. The molecule has 3 aromatic heterocycles. The summed E-state index contributed by atoms with van der Waals surface area (Å²) in [7, 11) is 0. The molecule has 0 unspecified atom stereocenters. The molecule has 5 nitrogen and oxygen atoms in total. The first-order valence-corrected chi connectivity index (χ1v) is 7.86. The van der Waals surface area contributed by atoms with Crippen molar-refractivity contribution in [3.05, 3.63) is 60.0 Å². The molecule has 0 fully saturated rings. The van der Waals surface area contributed by atoms with Gasteiger partial charge in [-0.1, -0.05) is 30.3 Å². The summed E-state index contributed by atoms with van der Waals surface area (Å²) in [6.07, 6.45) is 1.82. The minimum atomic E-state index is 0.362. The summed E-state index contributed by atoms with van der Waals surface area (Å²) in [6, 6.07) is 15.7. The Kier molecular flexibility index (Phi) is 3.14. The van der Waals surface area contributed by atoms with Gasteiger partial charge in [0.15, 0.2) is 11.3 Å². The summed E-state index contributed by atoms with van der Waals surface area (Å²) in [4.78, 5) is 10.3. The van der Waals surface area contributed by atoms with Crippen molar-refractivity contribution in [2.24, 2.45) is 0 Å². The van der Waals surface area contributed by atoms with E-state index in [9.17, 15) is 0 Å². The summed E-state index contributed by atoms with van der Waals surface area (Å²) in [6.45, 7) is 1.99. The predicted molar refractivity (Wildman–Crippen MR) is 89.0 cm³/mol. The van der Waals surface area contributed by atoms with Crippen LogP contribution in [0.5, 0.6) is 0 Å². The fraction of sp³-hybridized carbons (Fsp3) is 0.0588. The van der Waals surface area contributed by atoms with Crippen molar-refractivity contribution in [1.82, 2.24) is 19.6 Å². The Morgan fingerprint density at radius 2 is 1.96 bits per heavy atom. The zero-order chi connectivity index (χ0) is 15.8. The monoisotopic (exact) mass is 317 g/mol. The third-order valence-electron chi connectivity index (χ3n) is 3.49. The molecule has 4 rings (SSSR count). The normalized spacial score (nSPS) is 10.8. The van der Waals surface area contributed by atoms with Gasteiger partial charge in [-0.05, 0) is 13.0 Å². The van der Waals surface area contributed by atoms with Crippen LogP contribution >= 0.6 is 11.3 Å². The van der Waals surface area contributed by atoms with E-state index in [0.717, 1.165) is 26.8 Å². The first-order chi connectivity index (χ1) is 11.2. The highest BCUT2D eigenvalue weighted by atomic mass is 32.1. The Hall–Kier alpha value is -3.04. The van der Waals surface area contributed by atoms with E-state index in [4.69, 9.17) is 5.26 Å². The highest BCUT2D eigenvalue weighted by Crippen LogP contribution is 2.34. The van der Waals surface area contributed by atoms with Gasteiger partial charge >= 0.3 is 0 Å². The number of aromatic nitrogens is 4. The maximum Gasteiger partial charge on any atom is 0.165 e. The molecule has 0 atom stereocenters. The molecule has 0 spiro atoms. The fourth-order valence-corrected chi connectivity index (χ4v) is 3.44. The molecule has 0 saturated carbocycles. The van der Waals surface area contributed by atoms with Gasteiger partial charge in [0, 0.05) is 17.8 Å². The Labute approximate surface area is 136 Å². The minimum absolute atomic E-state index is 0.362. The van der Waals surface area contributed by atoms with Gasteiger partial charge < -0.3 is 0 Å². The summed E-state index contributed by atoms with van der Waals surface area (Å²) < 4.78 is 1.61. The third kappa shape index (κ3) is 2.37. The number of thiazole rings is 1. The van der Waals surface area contributed by atoms with Crippen molar-refractivity contribution >= 4 is 17.0 Å². The molecule has 0 N–H and O–H groups in total. The van der Waals surface area contributed by atoms with E-state index in [1.165, 1.54) is 0 Å². The van der Waals surface area contributed by atoms with E-state index in [1.807, 2.05) is 43.5 Å². The van der Waals surface area contributed by atoms with Crippen LogP contribution < -0.4 is 0 Å². The number of hydrogen-bond acceptors (Lipinski definition) is 5. The van der Waals surface area contributed by atoms with Gasteiger partial charge in [0.1, 0.15) is 11.1 Å². The fourth-order valence-electron chi connectivity index (χ4n) is 2.40. The van der Waals surface area contributed by atoms with Crippen LogP contribution in [-0.4, -0.2) is 19.6 Å². The topological polar surface area (TPSA) is 66.9 Å². The summed E-state index contributed by atoms with van der Waals surface area (Å²) >= 11 is 1.62. The number of fused-ring (bicyclic) bond motifs is 1. The molecule has 3 heterocycles. The second-order valence-electron chi connectivity index (χ2n) is 5.06.